The minimum atomic E-state index is 0.434. The van der Waals surface area contributed by atoms with E-state index in [1.54, 1.807) is 14.2 Å². The van der Waals surface area contributed by atoms with Gasteiger partial charge >= 0.3 is 0 Å². The van der Waals surface area contributed by atoms with Crippen LogP contribution in [0.4, 0.5) is 0 Å². The lowest BCUT2D eigenvalue weighted by Crippen LogP contribution is -2.03. The predicted octanol–water partition coefficient (Wildman–Crippen LogP) is 0.695. The molecule has 4 heteroatoms. The Morgan fingerprint density at radius 1 is 1.38 bits per heavy atom. The molecule has 72 valence electrons. The highest BCUT2D eigenvalue weighted by Crippen LogP contribution is 2.15. The fourth-order valence-electron chi connectivity index (χ4n) is 1.07. The number of aromatic nitrogens is 1. The molecule has 0 saturated heterocycles. The van der Waals surface area contributed by atoms with Gasteiger partial charge in [-0.15, -0.1) is 0 Å². The maximum atomic E-state index is 5.50. The van der Waals surface area contributed by atoms with E-state index in [0.717, 1.165) is 11.3 Å². The molecule has 1 heterocycles. The van der Waals surface area contributed by atoms with Gasteiger partial charge in [0.1, 0.15) is 0 Å². The Kier molecular flexibility index (Phi) is 3.67. The molecule has 0 aliphatic carbocycles. The van der Waals surface area contributed by atoms with Crippen LogP contribution >= 0.6 is 0 Å². The molecule has 4 nitrogen and oxygen atoms in total. The first-order chi connectivity index (χ1) is 6.31. The molecule has 13 heavy (non-hydrogen) atoms. The molecule has 0 atom stereocenters. The van der Waals surface area contributed by atoms with Crippen LogP contribution in [0.1, 0.15) is 11.3 Å². The van der Waals surface area contributed by atoms with Gasteiger partial charge in [-0.2, -0.15) is 0 Å². The van der Waals surface area contributed by atoms with Gasteiger partial charge in [-0.25, -0.2) is 4.98 Å². The smallest absolute Gasteiger partial charge is 0.217 e. The molecule has 0 fully saturated rings. The molecular weight excluding hydrogens is 168 g/mol. The number of pyridine rings is 1. The minimum Gasteiger partial charge on any atom is -0.481 e. The Morgan fingerprint density at radius 2 is 2.15 bits per heavy atom. The van der Waals surface area contributed by atoms with Crippen LogP contribution in [0.2, 0.25) is 0 Å². The molecule has 2 N–H and O–H groups in total. The number of hydrogen-bond acceptors (Lipinski definition) is 4. The van der Waals surface area contributed by atoms with E-state index in [2.05, 4.69) is 4.98 Å². The Hall–Kier alpha value is -1.13. The highest BCUT2D eigenvalue weighted by molar-refractivity contribution is 5.27. The molecule has 0 aliphatic rings. The van der Waals surface area contributed by atoms with Gasteiger partial charge in [0.2, 0.25) is 5.88 Å². The third kappa shape index (κ3) is 2.40. The summed E-state index contributed by atoms with van der Waals surface area (Å²) in [5.41, 5.74) is 7.25. The van der Waals surface area contributed by atoms with Crippen LogP contribution in [0.3, 0.4) is 0 Å². The largest absolute Gasteiger partial charge is 0.481 e. The van der Waals surface area contributed by atoms with E-state index < -0.39 is 0 Å². The third-order valence-corrected chi connectivity index (χ3v) is 1.70. The number of methoxy groups -OCH3 is 2. The lowest BCUT2D eigenvalue weighted by molar-refractivity contribution is 0.180. The summed E-state index contributed by atoms with van der Waals surface area (Å²) in [6.07, 6.45) is 0. The molecule has 1 aromatic rings. The molecule has 0 aliphatic heterocycles. The van der Waals surface area contributed by atoms with Crippen molar-refractivity contribution in [1.82, 2.24) is 4.98 Å². The Bertz CT molecular complexity index is 276. The van der Waals surface area contributed by atoms with Crippen LogP contribution in [0.5, 0.6) is 5.88 Å². The van der Waals surface area contributed by atoms with E-state index in [1.165, 1.54) is 0 Å². The lowest BCUT2D eigenvalue weighted by atomic mass is 10.2. The lowest BCUT2D eigenvalue weighted by Gasteiger charge is -2.06. The first-order valence-corrected chi connectivity index (χ1v) is 4.03. The number of nitrogens with zero attached hydrogens (tertiary/aromatic N) is 1. The molecular formula is C9H14N2O2. The maximum Gasteiger partial charge on any atom is 0.217 e. The number of ether oxygens (including phenoxy) is 2. The van der Waals surface area contributed by atoms with Crippen LogP contribution in [-0.4, -0.2) is 19.2 Å². The predicted molar refractivity (Wildman–Crippen MR) is 49.4 cm³/mol. The second-order valence-electron chi connectivity index (χ2n) is 2.61. The number of nitrogens with two attached hydrogens (primary N) is 1. The van der Waals surface area contributed by atoms with Crippen molar-refractivity contribution in [2.45, 2.75) is 13.2 Å². The number of hydrogen-bond donors (Lipinski definition) is 1. The highest BCUT2D eigenvalue weighted by atomic mass is 16.5. The van der Waals surface area contributed by atoms with Crippen molar-refractivity contribution in [3.8, 4) is 5.88 Å². The zero-order valence-electron chi connectivity index (χ0n) is 7.91. The molecule has 0 aromatic carbocycles. The van der Waals surface area contributed by atoms with Gasteiger partial charge in [0.05, 0.1) is 19.4 Å². The van der Waals surface area contributed by atoms with Crippen molar-refractivity contribution >= 4 is 0 Å². The molecule has 0 amide bonds. The van der Waals surface area contributed by atoms with Gasteiger partial charge in [0.15, 0.2) is 0 Å². The van der Waals surface area contributed by atoms with E-state index in [-0.39, 0.29) is 0 Å². The maximum absolute atomic E-state index is 5.50. The molecule has 0 spiro atoms. The van der Waals surface area contributed by atoms with Crippen molar-refractivity contribution in [3.63, 3.8) is 0 Å². The second-order valence-corrected chi connectivity index (χ2v) is 2.61. The molecule has 1 aromatic heterocycles. The number of rotatable bonds is 4. The molecule has 0 bridgehead atoms. The summed E-state index contributed by atoms with van der Waals surface area (Å²) in [7, 11) is 3.21. The Labute approximate surface area is 77.7 Å². The van der Waals surface area contributed by atoms with Gasteiger partial charge in [0, 0.05) is 19.2 Å². The van der Waals surface area contributed by atoms with Crippen LogP contribution in [0, 0.1) is 0 Å². The second kappa shape index (κ2) is 4.79. The van der Waals surface area contributed by atoms with E-state index in [0.29, 0.717) is 19.0 Å². The van der Waals surface area contributed by atoms with Crippen LogP contribution < -0.4 is 10.5 Å². The summed E-state index contributed by atoms with van der Waals surface area (Å²) in [5, 5.41) is 0. The first-order valence-electron chi connectivity index (χ1n) is 4.03. The van der Waals surface area contributed by atoms with E-state index in [4.69, 9.17) is 15.2 Å². The van der Waals surface area contributed by atoms with Crippen molar-refractivity contribution in [3.05, 3.63) is 23.4 Å². The third-order valence-electron chi connectivity index (χ3n) is 1.70. The van der Waals surface area contributed by atoms with Crippen LogP contribution in [0.15, 0.2) is 12.1 Å². The summed E-state index contributed by atoms with van der Waals surface area (Å²) in [6, 6.07) is 3.79. The van der Waals surface area contributed by atoms with Gasteiger partial charge in [-0.05, 0) is 6.07 Å². The molecule has 0 saturated carbocycles. The van der Waals surface area contributed by atoms with Crippen molar-refractivity contribution < 1.29 is 9.47 Å². The van der Waals surface area contributed by atoms with Gasteiger partial charge in [0.25, 0.3) is 0 Å². The van der Waals surface area contributed by atoms with E-state index in [1.807, 2.05) is 12.1 Å². The average molecular weight is 182 g/mol. The standard InChI is InChI=1S/C9H14N2O2/c1-12-6-8-4-3-7(5-10)9(11-8)13-2/h3-4H,5-6,10H2,1-2H3. The minimum absolute atomic E-state index is 0.434. The Morgan fingerprint density at radius 3 is 2.69 bits per heavy atom. The summed E-state index contributed by atoms with van der Waals surface area (Å²) < 4.78 is 10.0. The fraction of sp³-hybridized carbons (Fsp3) is 0.444. The average Bonchev–Trinajstić information content (AvgIpc) is 2.18. The topological polar surface area (TPSA) is 57.4 Å². The van der Waals surface area contributed by atoms with Crippen molar-refractivity contribution in [2.75, 3.05) is 14.2 Å². The fourth-order valence-corrected chi connectivity index (χ4v) is 1.07. The quantitative estimate of drug-likeness (QED) is 0.744. The molecule has 0 radical (unpaired) electrons. The normalized spacial score (nSPS) is 10.1. The summed E-state index contributed by atoms with van der Waals surface area (Å²) in [5.74, 6) is 0.581. The summed E-state index contributed by atoms with van der Waals surface area (Å²) >= 11 is 0. The van der Waals surface area contributed by atoms with Crippen molar-refractivity contribution in [2.24, 2.45) is 5.73 Å². The van der Waals surface area contributed by atoms with Gasteiger partial charge in [-0.3, -0.25) is 0 Å². The van der Waals surface area contributed by atoms with Gasteiger partial charge in [-0.1, -0.05) is 6.07 Å². The van der Waals surface area contributed by atoms with E-state index >= 15 is 0 Å². The first kappa shape index (κ1) is 9.95. The highest BCUT2D eigenvalue weighted by Gasteiger charge is 2.03. The summed E-state index contributed by atoms with van der Waals surface area (Å²) in [6.45, 7) is 0.921. The van der Waals surface area contributed by atoms with Crippen LogP contribution in [0.25, 0.3) is 0 Å². The SMILES string of the molecule is COCc1ccc(CN)c(OC)n1. The van der Waals surface area contributed by atoms with Crippen LogP contribution in [-0.2, 0) is 17.9 Å². The summed E-state index contributed by atoms with van der Waals surface area (Å²) in [4.78, 5) is 4.22. The van der Waals surface area contributed by atoms with E-state index in [9.17, 15) is 0 Å². The Balaban J connectivity index is 2.91. The zero-order valence-corrected chi connectivity index (χ0v) is 7.91. The van der Waals surface area contributed by atoms with Crippen molar-refractivity contribution in [1.29, 1.82) is 0 Å². The molecule has 0 unspecified atom stereocenters. The zero-order chi connectivity index (χ0) is 9.68. The van der Waals surface area contributed by atoms with Gasteiger partial charge < -0.3 is 15.2 Å². The molecule has 1 rings (SSSR count). The monoisotopic (exact) mass is 182 g/mol.